The van der Waals surface area contributed by atoms with E-state index in [1.54, 1.807) is 32.0 Å². The van der Waals surface area contributed by atoms with Crippen LogP contribution in [0.25, 0.3) is 0 Å². The van der Waals surface area contributed by atoms with Crippen LogP contribution in [0, 0.1) is 12.7 Å². The van der Waals surface area contributed by atoms with Crippen molar-refractivity contribution in [3.8, 4) is 5.75 Å². The average molecular weight is 406 g/mol. The minimum atomic E-state index is -3.53. The number of halogens is 1. The van der Waals surface area contributed by atoms with Gasteiger partial charge < -0.3 is 10.1 Å². The van der Waals surface area contributed by atoms with E-state index in [-0.39, 0.29) is 35.3 Å². The summed E-state index contributed by atoms with van der Waals surface area (Å²) in [5.41, 5.74) is 1.40. The summed E-state index contributed by atoms with van der Waals surface area (Å²) in [5.74, 6) is -0.225. The maximum absolute atomic E-state index is 13.0. The largest absolute Gasteiger partial charge is 0.484 e. The predicted octanol–water partition coefficient (Wildman–Crippen LogP) is 2.83. The lowest BCUT2D eigenvalue weighted by atomic mass is 10.1. The molecule has 1 fully saturated rings. The molecule has 2 N–H and O–H groups in total. The van der Waals surface area contributed by atoms with Crippen LogP contribution in [0.4, 0.5) is 4.39 Å². The zero-order valence-corrected chi connectivity index (χ0v) is 16.6. The molecule has 0 heterocycles. The van der Waals surface area contributed by atoms with Crippen LogP contribution in [0.1, 0.15) is 36.9 Å². The summed E-state index contributed by atoms with van der Waals surface area (Å²) < 4.78 is 45.6. The summed E-state index contributed by atoms with van der Waals surface area (Å²) in [7, 11) is -3.53. The number of hydrogen-bond acceptors (Lipinski definition) is 4. The fourth-order valence-corrected chi connectivity index (χ4v) is 4.09. The highest BCUT2D eigenvalue weighted by molar-refractivity contribution is 7.89. The Morgan fingerprint density at radius 1 is 1.21 bits per heavy atom. The zero-order chi connectivity index (χ0) is 20.3. The summed E-state index contributed by atoms with van der Waals surface area (Å²) in [6, 6.07) is 10.2. The number of sulfonamides is 1. The lowest BCUT2D eigenvalue weighted by Crippen LogP contribution is -2.31. The molecule has 3 rings (SSSR count). The van der Waals surface area contributed by atoms with Gasteiger partial charge in [-0.05, 0) is 68.1 Å². The van der Waals surface area contributed by atoms with Crippen LogP contribution in [0.2, 0.25) is 0 Å². The predicted molar refractivity (Wildman–Crippen MR) is 103 cm³/mol. The monoisotopic (exact) mass is 406 g/mol. The fourth-order valence-electron chi connectivity index (χ4n) is 2.70. The number of rotatable bonds is 8. The quantitative estimate of drug-likeness (QED) is 0.706. The third kappa shape index (κ3) is 5.30. The number of hydrogen-bond donors (Lipinski definition) is 2. The van der Waals surface area contributed by atoms with Crippen molar-refractivity contribution in [2.24, 2.45) is 0 Å². The van der Waals surface area contributed by atoms with E-state index in [1.165, 1.54) is 24.3 Å². The first-order chi connectivity index (χ1) is 13.2. The molecule has 1 aliphatic carbocycles. The molecule has 1 aliphatic rings. The average Bonchev–Trinajstić information content (AvgIpc) is 3.44. The van der Waals surface area contributed by atoms with Gasteiger partial charge in [0.05, 0.1) is 10.9 Å². The van der Waals surface area contributed by atoms with Gasteiger partial charge in [0.2, 0.25) is 10.0 Å². The maximum atomic E-state index is 13.0. The van der Waals surface area contributed by atoms with E-state index in [2.05, 4.69) is 10.0 Å². The second-order valence-electron chi connectivity index (χ2n) is 6.95. The van der Waals surface area contributed by atoms with Crippen molar-refractivity contribution in [1.82, 2.24) is 10.0 Å². The lowest BCUT2D eigenvalue weighted by molar-refractivity contribution is -0.123. The summed E-state index contributed by atoms with van der Waals surface area (Å²) in [5, 5.41) is 2.78. The Hall–Kier alpha value is -2.45. The molecule has 28 heavy (non-hydrogen) atoms. The topological polar surface area (TPSA) is 84.5 Å². The van der Waals surface area contributed by atoms with Gasteiger partial charge in [0, 0.05) is 6.04 Å². The van der Waals surface area contributed by atoms with Crippen LogP contribution in [-0.4, -0.2) is 27.0 Å². The highest BCUT2D eigenvalue weighted by Gasteiger charge is 2.28. The van der Waals surface area contributed by atoms with Gasteiger partial charge in [-0.3, -0.25) is 4.79 Å². The van der Waals surface area contributed by atoms with Crippen molar-refractivity contribution in [3.63, 3.8) is 0 Å². The summed E-state index contributed by atoms with van der Waals surface area (Å²) >= 11 is 0. The molecular weight excluding hydrogens is 383 g/mol. The van der Waals surface area contributed by atoms with E-state index in [4.69, 9.17) is 4.74 Å². The van der Waals surface area contributed by atoms with Crippen molar-refractivity contribution in [1.29, 1.82) is 0 Å². The van der Waals surface area contributed by atoms with E-state index in [0.29, 0.717) is 11.3 Å². The summed E-state index contributed by atoms with van der Waals surface area (Å²) in [6.45, 7) is 3.31. The second-order valence-corrected chi connectivity index (χ2v) is 8.67. The molecule has 0 saturated heterocycles. The Bertz CT molecular complexity index is 957. The van der Waals surface area contributed by atoms with Crippen LogP contribution >= 0.6 is 0 Å². The molecule has 6 nitrogen and oxygen atoms in total. The van der Waals surface area contributed by atoms with Gasteiger partial charge in [0.15, 0.2) is 6.61 Å². The molecule has 8 heteroatoms. The number of amides is 1. The van der Waals surface area contributed by atoms with Crippen molar-refractivity contribution < 1.29 is 22.3 Å². The van der Waals surface area contributed by atoms with Gasteiger partial charge >= 0.3 is 0 Å². The Morgan fingerprint density at radius 3 is 2.50 bits per heavy atom. The summed E-state index contributed by atoms with van der Waals surface area (Å²) in [6.07, 6.45) is 1.73. The van der Waals surface area contributed by atoms with Gasteiger partial charge in [-0.15, -0.1) is 0 Å². The van der Waals surface area contributed by atoms with Gasteiger partial charge in [0.25, 0.3) is 5.91 Å². The zero-order valence-electron chi connectivity index (χ0n) is 15.7. The van der Waals surface area contributed by atoms with Crippen LogP contribution < -0.4 is 14.8 Å². The molecule has 1 saturated carbocycles. The first kappa shape index (κ1) is 20.3. The van der Waals surface area contributed by atoms with Crippen LogP contribution in [-0.2, 0) is 14.8 Å². The van der Waals surface area contributed by atoms with Gasteiger partial charge in [-0.2, -0.15) is 0 Å². The molecule has 0 aliphatic heterocycles. The molecule has 1 amide bonds. The van der Waals surface area contributed by atoms with Crippen LogP contribution in [0.5, 0.6) is 5.75 Å². The van der Waals surface area contributed by atoms with E-state index < -0.39 is 10.0 Å². The normalized spacial score (nSPS) is 15.1. The third-order valence-electron chi connectivity index (χ3n) is 4.46. The van der Waals surface area contributed by atoms with Crippen LogP contribution in [0.3, 0.4) is 0 Å². The van der Waals surface area contributed by atoms with E-state index in [9.17, 15) is 17.6 Å². The first-order valence-electron chi connectivity index (χ1n) is 9.05. The molecule has 150 valence electrons. The van der Waals surface area contributed by atoms with E-state index >= 15 is 0 Å². The molecule has 0 bridgehead atoms. The molecule has 0 aromatic heterocycles. The van der Waals surface area contributed by atoms with Gasteiger partial charge in [-0.25, -0.2) is 17.5 Å². The van der Waals surface area contributed by atoms with Crippen molar-refractivity contribution in [2.75, 3.05) is 6.61 Å². The fraction of sp³-hybridized carbons (Fsp3) is 0.350. The Labute approximate surface area is 164 Å². The third-order valence-corrected chi connectivity index (χ3v) is 5.98. The van der Waals surface area contributed by atoms with Crippen molar-refractivity contribution in [3.05, 3.63) is 59.4 Å². The number of nitrogens with one attached hydrogen (secondary N) is 2. The Morgan fingerprint density at radius 2 is 1.89 bits per heavy atom. The standard InChI is InChI=1S/C20H23FN2O4S/c1-13-11-18(28(25,26)23-17-7-8-17)9-10-19(13)27-12-20(24)22-14(2)15-3-5-16(21)6-4-15/h3-6,9-11,14,17,23H,7-8,12H2,1-2H3,(H,22,24). The van der Waals surface area contributed by atoms with E-state index in [0.717, 1.165) is 18.4 Å². The summed E-state index contributed by atoms with van der Waals surface area (Å²) in [4.78, 5) is 12.3. The molecular formula is C20H23FN2O4S. The molecule has 2 aromatic carbocycles. The highest BCUT2D eigenvalue weighted by Crippen LogP contribution is 2.25. The minimum absolute atomic E-state index is 0.0352. The SMILES string of the molecule is Cc1cc(S(=O)(=O)NC2CC2)ccc1OCC(=O)NC(C)c1ccc(F)cc1. The molecule has 1 atom stereocenters. The van der Waals surface area contributed by atoms with Crippen molar-refractivity contribution in [2.45, 2.75) is 43.7 Å². The number of benzene rings is 2. The number of carbonyl (C=O) groups is 1. The second kappa shape index (κ2) is 8.28. The number of aryl methyl sites for hydroxylation is 1. The van der Waals surface area contributed by atoms with Crippen molar-refractivity contribution >= 4 is 15.9 Å². The smallest absolute Gasteiger partial charge is 0.258 e. The molecule has 1 unspecified atom stereocenters. The Balaban J connectivity index is 1.56. The number of ether oxygens (including phenoxy) is 1. The Kier molecular flexibility index (Phi) is 6.00. The van der Waals surface area contributed by atoms with Gasteiger partial charge in [0.1, 0.15) is 11.6 Å². The maximum Gasteiger partial charge on any atom is 0.258 e. The highest BCUT2D eigenvalue weighted by atomic mass is 32.2. The minimum Gasteiger partial charge on any atom is -0.484 e. The first-order valence-corrected chi connectivity index (χ1v) is 10.5. The molecule has 0 spiro atoms. The number of carbonyl (C=O) groups excluding carboxylic acids is 1. The molecule has 0 radical (unpaired) electrons. The molecule has 2 aromatic rings. The lowest BCUT2D eigenvalue weighted by Gasteiger charge is -2.15. The van der Waals surface area contributed by atoms with E-state index in [1.807, 2.05) is 0 Å². The van der Waals surface area contributed by atoms with Gasteiger partial charge in [-0.1, -0.05) is 12.1 Å². The van der Waals surface area contributed by atoms with Crippen LogP contribution in [0.15, 0.2) is 47.4 Å².